The zero-order chi connectivity index (χ0) is 11.5. The maximum absolute atomic E-state index is 11.6. The van der Waals surface area contributed by atoms with Crippen LogP contribution < -0.4 is 5.73 Å². The molecule has 0 heterocycles. The fourth-order valence-electron chi connectivity index (χ4n) is 2.09. The molecule has 0 unspecified atom stereocenters. The van der Waals surface area contributed by atoms with E-state index in [0.29, 0.717) is 12.3 Å². The van der Waals surface area contributed by atoms with Crippen molar-refractivity contribution in [1.82, 2.24) is 0 Å². The summed E-state index contributed by atoms with van der Waals surface area (Å²) in [5.41, 5.74) is 5.60. The van der Waals surface area contributed by atoms with E-state index in [4.69, 9.17) is 10.5 Å². The summed E-state index contributed by atoms with van der Waals surface area (Å²) in [6, 6.07) is 0.186. The number of carbonyl (C=O) groups is 1. The molecule has 0 bridgehead atoms. The number of rotatable bonds is 2. The van der Waals surface area contributed by atoms with Crippen LogP contribution in [0.15, 0.2) is 0 Å². The lowest BCUT2D eigenvalue weighted by Gasteiger charge is -2.29. The monoisotopic (exact) mass is 213 g/mol. The van der Waals surface area contributed by atoms with E-state index in [-0.39, 0.29) is 17.6 Å². The molecule has 0 aliphatic heterocycles. The van der Waals surface area contributed by atoms with E-state index in [2.05, 4.69) is 0 Å². The highest BCUT2D eigenvalue weighted by molar-refractivity contribution is 5.70. The van der Waals surface area contributed by atoms with Gasteiger partial charge < -0.3 is 10.5 Å². The van der Waals surface area contributed by atoms with Crippen molar-refractivity contribution in [2.75, 3.05) is 0 Å². The molecule has 0 radical (unpaired) electrons. The first kappa shape index (κ1) is 12.5. The van der Waals surface area contributed by atoms with Crippen LogP contribution in [-0.2, 0) is 9.53 Å². The van der Waals surface area contributed by atoms with Crippen LogP contribution in [0.4, 0.5) is 0 Å². The van der Waals surface area contributed by atoms with Crippen molar-refractivity contribution in [3.05, 3.63) is 0 Å². The molecule has 3 heteroatoms. The molecule has 2 N–H and O–H groups in total. The quantitative estimate of drug-likeness (QED) is 0.716. The van der Waals surface area contributed by atoms with Gasteiger partial charge in [-0.25, -0.2) is 0 Å². The van der Waals surface area contributed by atoms with E-state index in [1.165, 1.54) is 12.8 Å². The van der Waals surface area contributed by atoms with Crippen molar-refractivity contribution in [3.63, 3.8) is 0 Å². The average molecular weight is 213 g/mol. The molecule has 1 aliphatic carbocycles. The Morgan fingerprint density at radius 3 is 2.47 bits per heavy atom. The highest BCUT2D eigenvalue weighted by Crippen LogP contribution is 2.26. The SMILES string of the molecule is CC(C)(C)OC(=O)C[C@H]1CCCC[C@H]1N. The maximum Gasteiger partial charge on any atom is 0.306 e. The Morgan fingerprint density at radius 2 is 1.93 bits per heavy atom. The number of carbonyl (C=O) groups excluding carboxylic acids is 1. The van der Waals surface area contributed by atoms with E-state index >= 15 is 0 Å². The number of hydrogen-bond donors (Lipinski definition) is 1. The summed E-state index contributed by atoms with van der Waals surface area (Å²) in [4.78, 5) is 11.6. The number of ether oxygens (including phenoxy) is 1. The Kier molecular flexibility index (Phi) is 4.14. The van der Waals surface area contributed by atoms with Crippen molar-refractivity contribution in [2.24, 2.45) is 11.7 Å². The molecule has 0 amide bonds. The number of hydrogen-bond acceptors (Lipinski definition) is 3. The molecule has 1 aliphatic rings. The summed E-state index contributed by atoms with van der Waals surface area (Å²) in [5, 5.41) is 0. The Hall–Kier alpha value is -0.570. The molecular formula is C12H23NO2. The number of nitrogens with two attached hydrogens (primary N) is 1. The normalized spacial score (nSPS) is 27.5. The minimum atomic E-state index is -0.379. The Bertz CT molecular complexity index is 220. The Morgan fingerprint density at radius 1 is 1.33 bits per heavy atom. The van der Waals surface area contributed by atoms with E-state index in [1.54, 1.807) is 0 Å². The zero-order valence-corrected chi connectivity index (χ0v) is 10.1. The van der Waals surface area contributed by atoms with Crippen LogP contribution in [0.3, 0.4) is 0 Å². The van der Waals surface area contributed by atoms with Gasteiger partial charge in [0.2, 0.25) is 0 Å². The topological polar surface area (TPSA) is 52.3 Å². The molecule has 0 aromatic rings. The minimum absolute atomic E-state index is 0.107. The number of esters is 1. The van der Waals surface area contributed by atoms with Crippen molar-refractivity contribution in [1.29, 1.82) is 0 Å². The van der Waals surface area contributed by atoms with Gasteiger partial charge in [0.25, 0.3) is 0 Å². The van der Waals surface area contributed by atoms with E-state index in [0.717, 1.165) is 12.8 Å². The standard InChI is InChI=1S/C12H23NO2/c1-12(2,3)15-11(14)8-9-6-4-5-7-10(9)13/h9-10H,4-8,13H2,1-3H3/t9-,10-/m1/s1. The van der Waals surface area contributed by atoms with Gasteiger partial charge >= 0.3 is 5.97 Å². The van der Waals surface area contributed by atoms with Crippen molar-refractivity contribution in [2.45, 2.75) is 64.5 Å². The summed E-state index contributed by atoms with van der Waals surface area (Å²) >= 11 is 0. The maximum atomic E-state index is 11.6. The molecule has 3 nitrogen and oxygen atoms in total. The molecule has 0 aromatic carbocycles. The molecule has 0 saturated heterocycles. The molecule has 0 aromatic heterocycles. The third kappa shape index (κ3) is 4.65. The van der Waals surface area contributed by atoms with E-state index in [1.807, 2.05) is 20.8 Å². The highest BCUT2D eigenvalue weighted by Gasteiger charge is 2.26. The van der Waals surface area contributed by atoms with Crippen LogP contribution >= 0.6 is 0 Å². The van der Waals surface area contributed by atoms with Gasteiger partial charge in [-0.3, -0.25) is 4.79 Å². The molecule has 2 atom stereocenters. The molecule has 1 fully saturated rings. The second-order valence-corrected chi connectivity index (χ2v) is 5.50. The molecule has 1 saturated carbocycles. The van der Waals surface area contributed by atoms with Gasteiger partial charge in [-0.15, -0.1) is 0 Å². The smallest absolute Gasteiger partial charge is 0.306 e. The van der Waals surface area contributed by atoms with Gasteiger partial charge in [-0.05, 0) is 39.5 Å². The van der Waals surface area contributed by atoms with Gasteiger partial charge in [0.1, 0.15) is 5.60 Å². The van der Waals surface area contributed by atoms with Gasteiger partial charge in [-0.1, -0.05) is 12.8 Å². The third-order valence-electron chi connectivity index (χ3n) is 2.82. The van der Waals surface area contributed by atoms with Gasteiger partial charge in [0, 0.05) is 12.5 Å². The summed E-state index contributed by atoms with van der Waals surface area (Å²) < 4.78 is 5.29. The van der Waals surface area contributed by atoms with Crippen LogP contribution in [-0.4, -0.2) is 17.6 Å². The Balaban J connectivity index is 2.36. The summed E-state index contributed by atoms with van der Waals surface area (Å²) in [7, 11) is 0. The second-order valence-electron chi connectivity index (χ2n) is 5.50. The average Bonchev–Trinajstić information content (AvgIpc) is 2.05. The van der Waals surface area contributed by atoms with Crippen molar-refractivity contribution < 1.29 is 9.53 Å². The molecule has 88 valence electrons. The largest absolute Gasteiger partial charge is 0.460 e. The van der Waals surface area contributed by atoms with Crippen LogP contribution in [0.5, 0.6) is 0 Å². The van der Waals surface area contributed by atoms with Crippen LogP contribution in [0.1, 0.15) is 52.9 Å². The second kappa shape index (κ2) is 4.97. The fourth-order valence-corrected chi connectivity index (χ4v) is 2.09. The third-order valence-corrected chi connectivity index (χ3v) is 2.82. The van der Waals surface area contributed by atoms with Crippen LogP contribution in [0.25, 0.3) is 0 Å². The predicted octanol–water partition coefficient (Wildman–Crippen LogP) is 2.24. The molecule has 1 rings (SSSR count). The zero-order valence-electron chi connectivity index (χ0n) is 10.1. The minimum Gasteiger partial charge on any atom is -0.460 e. The lowest BCUT2D eigenvalue weighted by Crippen LogP contribution is -2.36. The first-order valence-corrected chi connectivity index (χ1v) is 5.86. The first-order valence-electron chi connectivity index (χ1n) is 5.86. The highest BCUT2D eigenvalue weighted by atomic mass is 16.6. The first-order chi connectivity index (χ1) is 6.88. The molecule has 0 spiro atoms. The molecule has 15 heavy (non-hydrogen) atoms. The summed E-state index contributed by atoms with van der Waals surface area (Å²) in [5.74, 6) is 0.221. The Labute approximate surface area is 92.4 Å². The lowest BCUT2D eigenvalue weighted by molar-refractivity contribution is -0.156. The van der Waals surface area contributed by atoms with Crippen LogP contribution in [0.2, 0.25) is 0 Å². The van der Waals surface area contributed by atoms with Gasteiger partial charge in [-0.2, -0.15) is 0 Å². The molecular weight excluding hydrogens is 190 g/mol. The van der Waals surface area contributed by atoms with E-state index in [9.17, 15) is 4.79 Å². The lowest BCUT2D eigenvalue weighted by atomic mass is 9.83. The van der Waals surface area contributed by atoms with Crippen molar-refractivity contribution >= 4 is 5.97 Å². The summed E-state index contributed by atoms with van der Waals surface area (Å²) in [6.45, 7) is 5.68. The van der Waals surface area contributed by atoms with Crippen molar-refractivity contribution in [3.8, 4) is 0 Å². The van der Waals surface area contributed by atoms with Crippen LogP contribution in [0, 0.1) is 5.92 Å². The van der Waals surface area contributed by atoms with E-state index < -0.39 is 0 Å². The summed E-state index contributed by atoms with van der Waals surface area (Å²) in [6.07, 6.45) is 5.00. The predicted molar refractivity (Wildman–Crippen MR) is 60.4 cm³/mol. The van der Waals surface area contributed by atoms with Gasteiger partial charge in [0.05, 0.1) is 0 Å². The van der Waals surface area contributed by atoms with Gasteiger partial charge in [0.15, 0.2) is 0 Å². The fraction of sp³-hybridized carbons (Fsp3) is 0.917.